The van der Waals surface area contributed by atoms with Crippen LogP contribution in [0, 0.1) is 13.8 Å². The summed E-state index contributed by atoms with van der Waals surface area (Å²) in [5, 5.41) is 10.5. The molecule has 1 unspecified atom stereocenters. The van der Waals surface area contributed by atoms with Crippen molar-refractivity contribution in [2.45, 2.75) is 38.7 Å². The molecule has 7 heteroatoms. The number of ether oxygens (including phenoxy) is 2. The van der Waals surface area contributed by atoms with Crippen molar-refractivity contribution < 1.29 is 14.6 Å². The van der Waals surface area contributed by atoms with E-state index in [1.807, 2.05) is 56.3 Å². The van der Waals surface area contributed by atoms with Crippen LogP contribution in [0.15, 0.2) is 66.7 Å². The summed E-state index contributed by atoms with van der Waals surface area (Å²) < 4.78 is 11.8. The van der Waals surface area contributed by atoms with Gasteiger partial charge in [-0.05, 0) is 92.7 Å². The second-order valence-corrected chi connectivity index (χ2v) is 9.02. The second-order valence-electron chi connectivity index (χ2n) is 9.02. The van der Waals surface area contributed by atoms with E-state index in [-0.39, 0.29) is 31.4 Å². The van der Waals surface area contributed by atoms with Gasteiger partial charge in [0, 0.05) is 6.54 Å². The Balaban J connectivity index is 0.00000216. The number of hydrogen-bond acceptors (Lipinski definition) is 5. The van der Waals surface area contributed by atoms with Crippen LogP contribution >= 0.6 is 24.8 Å². The number of rotatable bonds is 8. The lowest BCUT2D eigenvalue weighted by Crippen LogP contribution is -2.40. The fourth-order valence-corrected chi connectivity index (χ4v) is 4.60. The van der Waals surface area contributed by atoms with E-state index in [9.17, 15) is 5.11 Å². The maximum absolute atomic E-state index is 10.5. The van der Waals surface area contributed by atoms with E-state index < -0.39 is 6.10 Å². The lowest BCUT2D eigenvalue weighted by molar-refractivity contribution is 0.0595. The van der Waals surface area contributed by atoms with Gasteiger partial charge < -0.3 is 25.2 Å². The predicted octanol–water partition coefficient (Wildman–Crippen LogP) is 6.14. The molecule has 0 aromatic heterocycles. The summed E-state index contributed by atoms with van der Waals surface area (Å²) in [5.41, 5.74) is 10.2. The number of benzene rings is 3. The van der Waals surface area contributed by atoms with E-state index in [0.29, 0.717) is 23.9 Å². The van der Waals surface area contributed by atoms with E-state index in [1.54, 1.807) is 0 Å². The number of aliphatic hydroxyl groups is 1. The van der Waals surface area contributed by atoms with Gasteiger partial charge >= 0.3 is 0 Å². The molecular weight excluding hydrogens is 483 g/mol. The number of β-amino-alcohol motifs (C(OH)–C–C–N with tert-alkyl or cyclic N) is 1. The normalized spacial score (nSPS) is 14.9. The number of aliphatic hydroxyl groups excluding tert-OH is 1. The van der Waals surface area contributed by atoms with Crippen LogP contribution in [0.1, 0.15) is 35.4 Å². The lowest BCUT2D eigenvalue weighted by Gasteiger charge is -2.33. The number of aryl methyl sites for hydroxylation is 2. The van der Waals surface area contributed by atoms with Crippen molar-refractivity contribution in [3.63, 3.8) is 0 Å². The van der Waals surface area contributed by atoms with Crippen molar-refractivity contribution in [2.24, 2.45) is 0 Å². The van der Waals surface area contributed by atoms with Crippen molar-refractivity contribution in [1.82, 2.24) is 4.90 Å². The molecule has 0 aliphatic carbocycles. The standard InChI is InChI=1S/C28H34N2O3.2ClH/c1-20-16-21(2)28(27(29)17-20)32-19-24(31)18-30-14-12-23(13-15-30)22-8-10-26(11-9-22)33-25-6-4-3-5-7-25;;/h3-11,16-17,23-24,31H,12-15,18-19,29H2,1-2H3;2*1H. The number of hydrogen-bond donors (Lipinski definition) is 2. The van der Waals surface area contributed by atoms with E-state index in [2.05, 4.69) is 29.2 Å². The Morgan fingerprint density at radius 1 is 0.943 bits per heavy atom. The van der Waals surface area contributed by atoms with Crippen LogP contribution in [0.4, 0.5) is 5.69 Å². The summed E-state index contributed by atoms with van der Waals surface area (Å²) in [6.07, 6.45) is 1.61. The summed E-state index contributed by atoms with van der Waals surface area (Å²) in [7, 11) is 0. The Morgan fingerprint density at radius 2 is 1.57 bits per heavy atom. The van der Waals surface area contributed by atoms with Gasteiger partial charge in [0.1, 0.15) is 30.0 Å². The topological polar surface area (TPSA) is 68.0 Å². The minimum absolute atomic E-state index is 0. The molecule has 190 valence electrons. The van der Waals surface area contributed by atoms with E-state index >= 15 is 0 Å². The van der Waals surface area contributed by atoms with Gasteiger partial charge in [0.05, 0.1) is 5.69 Å². The van der Waals surface area contributed by atoms with Gasteiger partial charge in [-0.15, -0.1) is 24.8 Å². The molecule has 1 saturated heterocycles. The molecule has 4 rings (SSSR count). The zero-order chi connectivity index (χ0) is 23.2. The molecule has 3 aromatic carbocycles. The van der Waals surface area contributed by atoms with Crippen LogP contribution < -0.4 is 15.2 Å². The van der Waals surface area contributed by atoms with Gasteiger partial charge in [-0.25, -0.2) is 0 Å². The van der Waals surface area contributed by atoms with Gasteiger partial charge in [-0.1, -0.05) is 36.4 Å². The maximum atomic E-state index is 10.5. The Kier molecular flexibility index (Phi) is 11.2. The fourth-order valence-electron chi connectivity index (χ4n) is 4.60. The lowest BCUT2D eigenvalue weighted by atomic mass is 9.89. The third-order valence-electron chi connectivity index (χ3n) is 6.25. The van der Waals surface area contributed by atoms with Gasteiger partial charge in [0.15, 0.2) is 0 Å². The number of halogens is 2. The van der Waals surface area contributed by atoms with Crippen molar-refractivity contribution >= 4 is 30.5 Å². The highest BCUT2D eigenvalue weighted by atomic mass is 35.5. The second kappa shape index (κ2) is 13.6. The van der Waals surface area contributed by atoms with Crippen LogP contribution in [0.3, 0.4) is 0 Å². The largest absolute Gasteiger partial charge is 0.488 e. The minimum atomic E-state index is -0.545. The summed E-state index contributed by atoms with van der Waals surface area (Å²) in [6.45, 7) is 6.79. The van der Waals surface area contributed by atoms with Crippen molar-refractivity contribution in [2.75, 3.05) is 32.0 Å². The zero-order valence-corrected chi connectivity index (χ0v) is 22.0. The molecule has 35 heavy (non-hydrogen) atoms. The number of piperidine rings is 1. The smallest absolute Gasteiger partial charge is 0.145 e. The van der Waals surface area contributed by atoms with E-state index in [1.165, 1.54) is 5.56 Å². The molecule has 0 bridgehead atoms. The summed E-state index contributed by atoms with van der Waals surface area (Å²) in [4.78, 5) is 2.32. The third-order valence-corrected chi connectivity index (χ3v) is 6.25. The Morgan fingerprint density at radius 3 is 2.20 bits per heavy atom. The van der Waals surface area contributed by atoms with Crippen LogP contribution in [0.25, 0.3) is 0 Å². The van der Waals surface area contributed by atoms with Gasteiger partial charge in [-0.2, -0.15) is 0 Å². The first-order valence-electron chi connectivity index (χ1n) is 11.7. The molecule has 0 radical (unpaired) electrons. The molecule has 1 atom stereocenters. The highest BCUT2D eigenvalue weighted by Gasteiger charge is 2.22. The van der Waals surface area contributed by atoms with Crippen molar-refractivity contribution in [3.8, 4) is 17.2 Å². The monoisotopic (exact) mass is 518 g/mol. The molecule has 1 heterocycles. The predicted molar refractivity (Wildman–Crippen MR) is 148 cm³/mol. The molecule has 0 amide bonds. The molecule has 3 aromatic rings. The average molecular weight is 520 g/mol. The molecule has 3 N–H and O–H groups in total. The van der Waals surface area contributed by atoms with Crippen LogP contribution in [0.5, 0.6) is 17.2 Å². The highest BCUT2D eigenvalue weighted by molar-refractivity contribution is 5.85. The first kappa shape index (κ1) is 28.8. The molecule has 5 nitrogen and oxygen atoms in total. The van der Waals surface area contributed by atoms with E-state index in [4.69, 9.17) is 15.2 Å². The van der Waals surface area contributed by atoms with Crippen molar-refractivity contribution in [1.29, 1.82) is 0 Å². The first-order chi connectivity index (χ1) is 16.0. The zero-order valence-electron chi connectivity index (χ0n) is 20.4. The quantitative estimate of drug-likeness (QED) is 0.350. The first-order valence-corrected chi connectivity index (χ1v) is 11.7. The Hall–Kier alpha value is -2.44. The number of nitrogens with two attached hydrogens (primary N) is 1. The number of nitrogen functional groups attached to an aromatic ring is 1. The number of anilines is 1. The Bertz CT molecular complexity index is 1020. The maximum Gasteiger partial charge on any atom is 0.145 e. The molecule has 1 aliphatic rings. The molecule has 0 spiro atoms. The van der Waals surface area contributed by atoms with Crippen LogP contribution in [0.2, 0.25) is 0 Å². The summed E-state index contributed by atoms with van der Waals surface area (Å²) >= 11 is 0. The molecule has 1 aliphatic heterocycles. The number of para-hydroxylation sites is 1. The molecular formula is C28H36Cl2N2O3. The molecule has 0 saturated carbocycles. The van der Waals surface area contributed by atoms with Gasteiger partial charge in [-0.3, -0.25) is 0 Å². The van der Waals surface area contributed by atoms with Crippen molar-refractivity contribution in [3.05, 3.63) is 83.4 Å². The summed E-state index contributed by atoms with van der Waals surface area (Å²) in [5.74, 6) is 2.92. The third kappa shape index (κ3) is 8.04. The number of nitrogens with zero attached hydrogens (tertiary/aromatic N) is 1. The SMILES string of the molecule is Cc1cc(C)c(OCC(O)CN2CCC(c3ccc(Oc4ccccc4)cc3)CC2)c(N)c1.Cl.Cl. The summed E-state index contributed by atoms with van der Waals surface area (Å²) in [6, 6.07) is 22.2. The van der Waals surface area contributed by atoms with Crippen LogP contribution in [-0.4, -0.2) is 42.4 Å². The average Bonchev–Trinajstić information content (AvgIpc) is 2.80. The molecule has 1 fully saturated rings. The minimum Gasteiger partial charge on any atom is -0.488 e. The fraction of sp³-hybridized carbons (Fsp3) is 0.357. The number of likely N-dealkylation sites (tertiary alicyclic amines) is 1. The Labute approximate surface area is 221 Å². The van der Waals surface area contributed by atoms with E-state index in [0.717, 1.165) is 48.6 Å². The van der Waals surface area contributed by atoms with Gasteiger partial charge in [0.2, 0.25) is 0 Å². The van der Waals surface area contributed by atoms with Crippen LogP contribution in [-0.2, 0) is 0 Å². The van der Waals surface area contributed by atoms with Gasteiger partial charge in [0.25, 0.3) is 0 Å². The highest BCUT2D eigenvalue weighted by Crippen LogP contribution is 2.31.